The average Bonchev–Trinajstić information content (AvgIpc) is 3.42. The Morgan fingerprint density at radius 1 is 0.889 bits per heavy atom. The van der Waals surface area contributed by atoms with Gasteiger partial charge in [0.2, 0.25) is 10.5 Å². The Labute approximate surface area is 158 Å². The van der Waals surface area contributed by atoms with Crippen molar-refractivity contribution >= 4 is 29.1 Å². The van der Waals surface area contributed by atoms with Gasteiger partial charge in [-0.15, -0.1) is 0 Å². The van der Waals surface area contributed by atoms with E-state index in [4.69, 9.17) is 31.2 Å². The summed E-state index contributed by atoms with van der Waals surface area (Å²) in [5.74, 6) is 2.06. The summed E-state index contributed by atoms with van der Waals surface area (Å²) in [5.41, 5.74) is 8.38. The van der Waals surface area contributed by atoms with E-state index in [1.807, 2.05) is 36.4 Å². The highest BCUT2D eigenvalue weighted by molar-refractivity contribution is 7.71. The Morgan fingerprint density at radius 3 is 2.26 bits per heavy atom. The number of nitrogens with zero attached hydrogens (tertiary/aromatic N) is 2. The van der Waals surface area contributed by atoms with E-state index in [9.17, 15) is 0 Å². The topological polar surface area (TPSA) is 83.3 Å². The first-order chi connectivity index (χ1) is 13.2. The first-order valence-electron chi connectivity index (χ1n) is 8.22. The van der Waals surface area contributed by atoms with E-state index >= 15 is 0 Å². The molecule has 0 saturated heterocycles. The van der Waals surface area contributed by atoms with Crippen LogP contribution < -0.4 is 5.73 Å². The van der Waals surface area contributed by atoms with E-state index < -0.39 is 0 Å². The van der Waals surface area contributed by atoms with E-state index in [1.54, 1.807) is 35.3 Å². The van der Waals surface area contributed by atoms with E-state index in [0.29, 0.717) is 44.5 Å². The molecule has 5 rings (SSSR count). The minimum Gasteiger partial charge on any atom is -0.464 e. The van der Waals surface area contributed by atoms with Crippen molar-refractivity contribution in [3.05, 3.63) is 71.9 Å². The number of nitrogens with two attached hydrogens (primary N) is 1. The number of anilines is 1. The van der Waals surface area contributed by atoms with Crippen molar-refractivity contribution < 1.29 is 13.3 Å². The van der Waals surface area contributed by atoms with Crippen LogP contribution in [0, 0.1) is 4.77 Å². The fourth-order valence-corrected chi connectivity index (χ4v) is 3.44. The number of para-hydroxylation sites is 1. The Kier molecular flexibility index (Phi) is 3.48. The maximum Gasteiger partial charge on any atom is 0.234 e. The minimum atomic E-state index is 0.303. The first kappa shape index (κ1) is 15.7. The largest absolute Gasteiger partial charge is 0.464 e. The van der Waals surface area contributed by atoms with Crippen LogP contribution in [0.15, 0.2) is 80.4 Å². The van der Waals surface area contributed by atoms with Crippen LogP contribution in [0.4, 0.5) is 5.82 Å². The fraction of sp³-hybridized carbons (Fsp3) is 0. The molecule has 132 valence electrons. The molecule has 0 aliphatic heterocycles. The highest BCUT2D eigenvalue weighted by atomic mass is 32.1. The lowest BCUT2D eigenvalue weighted by atomic mass is 10.1. The zero-order valence-electron chi connectivity index (χ0n) is 14.0. The molecule has 4 heterocycles. The van der Waals surface area contributed by atoms with Crippen molar-refractivity contribution in [2.24, 2.45) is 0 Å². The van der Waals surface area contributed by atoms with Crippen LogP contribution >= 0.6 is 12.2 Å². The predicted molar refractivity (Wildman–Crippen MR) is 104 cm³/mol. The van der Waals surface area contributed by atoms with Crippen molar-refractivity contribution in [2.75, 3.05) is 5.73 Å². The molecule has 0 amide bonds. The molecule has 0 saturated carbocycles. The van der Waals surface area contributed by atoms with Crippen molar-refractivity contribution in [1.29, 1.82) is 0 Å². The molecule has 0 bridgehead atoms. The molecule has 0 aliphatic rings. The van der Waals surface area contributed by atoms with Gasteiger partial charge in [-0.05, 0) is 48.6 Å². The summed E-state index contributed by atoms with van der Waals surface area (Å²) in [4.78, 5) is 4.46. The van der Waals surface area contributed by atoms with Crippen LogP contribution in [0.1, 0.15) is 0 Å². The number of hydrogen-bond donors (Lipinski definition) is 1. The first-order valence-corrected chi connectivity index (χ1v) is 8.63. The summed E-state index contributed by atoms with van der Waals surface area (Å²) in [6, 6.07) is 16.8. The Morgan fingerprint density at radius 2 is 1.59 bits per heavy atom. The number of nitrogen functional groups attached to an aromatic ring is 1. The van der Waals surface area contributed by atoms with Gasteiger partial charge in [-0.3, -0.25) is 4.57 Å². The highest BCUT2D eigenvalue weighted by Gasteiger charge is 2.26. The van der Waals surface area contributed by atoms with Crippen molar-refractivity contribution in [2.45, 2.75) is 0 Å². The summed E-state index contributed by atoms with van der Waals surface area (Å²) >= 11 is 5.47. The molecule has 7 heteroatoms. The normalized spacial score (nSPS) is 11.3. The Bertz CT molecular complexity index is 1280. The number of benzene rings is 1. The summed E-state index contributed by atoms with van der Waals surface area (Å²) in [6.45, 7) is 0. The van der Waals surface area contributed by atoms with Crippen molar-refractivity contribution in [1.82, 2.24) is 9.55 Å². The summed E-state index contributed by atoms with van der Waals surface area (Å²) in [5, 5.41) is 0.619. The third-order valence-electron chi connectivity index (χ3n) is 4.30. The molecule has 4 aromatic heterocycles. The molecular weight excluding hydrogens is 362 g/mol. The summed E-state index contributed by atoms with van der Waals surface area (Å²) in [7, 11) is 0. The van der Waals surface area contributed by atoms with Crippen LogP contribution in [0.3, 0.4) is 0 Å². The lowest BCUT2D eigenvalue weighted by molar-refractivity contribution is 0.536. The van der Waals surface area contributed by atoms with E-state index in [-0.39, 0.29) is 0 Å². The number of furan rings is 3. The summed E-state index contributed by atoms with van der Waals surface area (Å²) in [6.07, 6.45) is 3.17. The number of hydrogen-bond acceptors (Lipinski definition) is 6. The molecule has 0 atom stereocenters. The molecule has 1 aromatic carbocycles. The minimum absolute atomic E-state index is 0.303. The van der Waals surface area contributed by atoms with Gasteiger partial charge in [0, 0.05) is 5.69 Å². The molecule has 0 spiro atoms. The lowest BCUT2D eigenvalue weighted by Gasteiger charge is -2.11. The smallest absolute Gasteiger partial charge is 0.234 e. The SMILES string of the molecule is Nc1c2c(-c3ccco3)c(-c3ccco3)oc2nc(=S)n1-c1ccccc1. The Balaban J connectivity index is 1.91. The third-order valence-corrected chi connectivity index (χ3v) is 4.58. The zero-order valence-corrected chi connectivity index (χ0v) is 14.8. The van der Waals surface area contributed by atoms with Gasteiger partial charge in [-0.2, -0.15) is 4.98 Å². The number of aromatic nitrogens is 2. The van der Waals surface area contributed by atoms with E-state index in [1.165, 1.54) is 0 Å². The van der Waals surface area contributed by atoms with Gasteiger partial charge < -0.3 is 19.0 Å². The van der Waals surface area contributed by atoms with E-state index in [2.05, 4.69) is 4.98 Å². The van der Waals surface area contributed by atoms with Crippen LogP contribution in [0.2, 0.25) is 0 Å². The predicted octanol–water partition coefficient (Wildman–Crippen LogP) is 5.45. The number of rotatable bonds is 3. The van der Waals surface area contributed by atoms with Crippen molar-refractivity contribution in [3.63, 3.8) is 0 Å². The van der Waals surface area contributed by atoms with Gasteiger partial charge in [0.05, 0.1) is 23.5 Å². The quantitative estimate of drug-likeness (QED) is 0.422. The fourth-order valence-electron chi connectivity index (χ4n) is 3.15. The molecule has 5 aromatic rings. The summed E-state index contributed by atoms with van der Waals surface area (Å²) < 4.78 is 19.2. The molecule has 0 radical (unpaired) electrons. The zero-order chi connectivity index (χ0) is 18.4. The van der Waals surface area contributed by atoms with Gasteiger partial charge in [0.1, 0.15) is 11.6 Å². The monoisotopic (exact) mass is 375 g/mol. The third kappa shape index (κ3) is 2.40. The Hall–Kier alpha value is -3.58. The standard InChI is InChI=1S/C20H13N3O3S/c21-18-16-15(13-8-4-10-24-13)17(14-9-5-11-25-14)26-19(16)22-20(27)23(18)12-6-2-1-3-7-12/h1-11H,21H2. The molecule has 6 nitrogen and oxygen atoms in total. The maximum absolute atomic E-state index is 6.55. The van der Waals surface area contributed by atoms with Crippen LogP contribution in [0.25, 0.3) is 39.6 Å². The maximum atomic E-state index is 6.55. The molecule has 0 fully saturated rings. The van der Waals surface area contributed by atoms with Gasteiger partial charge in [0.15, 0.2) is 11.5 Å². The highest BCUT2D eigenvalue weighted by Crippen LogP contribution is 2.43. The van der Waals surface area contributed by atoms with Crippen LogP contribution in [-0.2, 0) is 0 Å². The van der Waals surface area contributed by atoms with Crippen molar-refractivity contribution in [3.8, 4) is 28.5 Å². The molecule has 27 heavy (non-hydrogen) atoms. The molecule has 2 N–H and O–H groups in total. The van der Waals surface area contributed by atoms with Gasteiger partial charge >= 0.3 is 0 Å². The second-order valence-corrected chi connectivity index (χ2v) is 6.26. The lowest BCUT2D eigenvalue weighted by Crippen LogP contribution is -2.07. The van der Waals surface area contributed by atoms with Crippen LogP contribution in [-0.4, -0.2) is 9.55 Å². The molecular formula is C20H13N3O3S. The van der Waals surface area contributed by atoms with Gasteiger partial charge in [0.25, 0.3) is 0 Å². The molecule has 0 unspecified atom stereocenters. The van der Waals surface area contributed by atoms with Crippen LogP contribution in [0.5, 0.6) is 0 Å². The van der Waals surface area contributed by atoms with Gasteiger partial charge in [-0.1, -0.05) is 18.2 Å². The second kappa shape index (κ2) is 6.00. The second-order valence-electron chi connectivity index (χ2n) is 5.89. The molecule has 0 aliphatic carbocycles. The van der Waals surface area contributed by atoms with E-state index in [0.717, 1.165) is 5.69 Å². The average molecular weight is 375 g/mol. The van der Waals surface area contributed by atoms with Gasteiger partial charge in [-0.25, -0.2) is 0 Å². The number of fused-ring (bicyclic) bond motifs is 1.